The third kappa shape index (κ3) is 3.03. The molecule has 3 heterocycles. The third-order valence-corrected chi connectivity index (χ3v) is 7.35. The SMILES string of the molecule is Cc1ccc(C2=CN(N3CCC[C@@]3(C)c3nc4c(F)c(F)ccc4[nH]3)C(C)S2)cc1. The van der Waals surface area contributed by atoms with Gasteiger partial charge in [-0.2, -0.15) is 0 Å². The number of hydrogen-bond acceptors (Lipinski definition) is 4. The van der Waals surface area contributed by atoms with Gasteiger partial charge in [-0.3, -0.25) is 5.01 Å². The number of aromatic amines is 1. The monoisotopic (exact) mass is 426 g/mol. The predicted octanol–water partition coefficient (Wildman–Crippen LogP) is 5.77. The summed E-state index contributed by atoms with van der Waals surface area (Å²) in [5.41, 5.74) is 2.63. The molecule has 0 radical (unpaired) electrons. The summed E-state index contributed by atoms with van der Waals surface area (Å²) in [5.74, 6) is -1.09. The standard InChI is InChI=1S/C23H24F2N4S/c1-14-5-7-16(8-6-14)19-13-28(15(2)30-19)29-12-4-11-23(29,3)22-26-18-10-9-17(24)20(25)21(18)27-22/h5-10,13,15H,4,11-12H2,1-3H3,(H,26,27)/t15?,23-/m0/s1. The number of rotatable bonds is 3. The largest absolute Gasteiger partial charge is 0.340 e. The number of fused-ring (bicyclic) bond motifs is 1. The van der Waals surface area contributed by atoms with Crippen LogP contribution in [-0.2, 0) is 5.54 Å². The summed E-state index contributed by atoms with van der Waals surface area (Å²) in [6, 6.07) is 11.3. The van der Waals surface area contributed by atoms with Crippen LogP contribution in [0.25, 0.3) is 15.9 Å². The van der Waals surface area contributed by atoms with Crippen molar-refractivity contribution in [2.24, 2.45) is 0 Å². The minimum atomic E-state index is -0.894. The van der Waals surface area contributed by atoms with E-state index in [0.29, 0.717) is 11.3 Å². The Labute approximate surface area is 178 Å². The highest BCUT2D eigenvalue weighted by Gasteiger charge is 2.45. The molecule has 1 aromatic heterocycles. The Morgan fingerprint density at radius 1 is 1.17 bits per heavy atom. The van der Waals surface area contributed by atoms with Gasteiger partial charge in [0, 0.05) is 17.6 Å². The number of nitrogens with one attached hydrogen (secondary N) is 1. The number of aromatic nitrogens is 2. The lowest BCUT2D eigenvalue weighted by Gasteiger charge is -2.41. The van der Waals surface area contributed by atoms with Crippen molar-refractivity contribution >= 4 is 27.7 Å². The van der Waals surface area contributed by atoms with Crippen LogP contribution >= 0.6 is 11.8 Å². The average molecular weight is 427 g/mol. The third-order valence-electron chi connectivity index (χ3n) is 6.19. The topological polar surface area (TPSA) is 35.2 Å². The van der Waals surface area contributed by atoms with Gasteiger partial charge in [-0.05, 0) is 51.3 Å². The molecule has 2 aromatic carbocycles. The van der Waals surface area contributed by atoms with Gasteiger partial charge in [0.15, 0.2) is 11.6 Å². The number of H-pyrrole nitrogens is 1. The maximum Gasteiger partial charge on any atom is 0.186 e. The molecule has 2 atom stereocenters. The Morgan fingerprint density at radius 2 is 1.93 bits per heavy atom. The van der Waals surface area contributed by atoms with E-state index in [2.05, 4.69) is 71.2 Å². The molecule has 0 spiro atoms. The number of benzene rings is 2. The first kappa shape index (κ1) is 19.6. The second-order valence-electron chi connectivity index (χ2n) is 8.30. The van der Waals surface area contributed by atoms with Gasteiger partial charge in [-0.1, -0.05) is 41.6 Å². The summed E-state index contributed by atoms with van der Waals surface area (Å²) in [7, 11) is 0. The summed E-state index contributed by atoms with van der Waals surface area (Å²) in [5, 5.41) is 4.83. The number of imidazole rings is 1. The zero-order chi connectivity index (χ0) is 21.0. The van der Waals surface area contributed by atoms with E-state index in [1.54, 1.807) is 6.07 Å². The van der Waals surface area contributed by atoms with Crippen LogP contribution in [0.2, 0.25) is 0 Å². The van der Waals surface area contributed by atoms with Gasteiger partial charge < -0.3 is 4.98 Å². The van der Waals surface area contributed by atoms with Gasteiger partial charge in [0.2, 0.25) is 0 Å². The Balaban J connectivity index is 1.51. The number of aryl methyl sites for hydroxylation is 1. The van der Waals surface area contributed by atoms with E-state index < -0.39 is 17.2 Å². The lowest BCUT2D eigenvalue weighted by Crippen LogP contribution is -2.50. The first-order chi connectivity index (χ1) is 14.4. The van der Waals surface area contributed by atoms with Crippen LogP contribution in [0.3, 0.4) is 0 Å². The maximum atomic E-state index is 14.3. The highest BCUT2D eigenvalue weighted by molar-refractivity contribution is 8.09. The Morgan fingerprint density at radius 3 is 2.70 bits per heavy atom. The van der Waals surface area contributed by atoms with Crippen LogP contribution in [-0.4, -0.2) is 31.9 Å². The number of thioether (sulfide) groups is 1. The van der Waals surface area contributed by atoms with E-state index in [0.717, 1.165) is 25.5 Å². The summed E-state index contributed by atoms with van der Waals surface area (Å²) >= 11 is 1.83. The molecule has 4 nitrogen and oxygen atoms in total. The molecule has 1 unspecified atom stereocenters. The molecule has 1 fully saturated rings. The molecule has 0 saturated carbocycles. The fourth-order valence-corrected chi connectivity index (χ4v) is 5.54. The van der Waals surface area contributed by atoms with E-state index in [1.807, 2.05) is 11.8 Å². The van der Waals surface area contributed by atoms with Crippen LogP contribution in [0.5, 0.6) is 0 Å². The van der Waals surface area contributed by atoms with Crippen molar-refractivity contribution in [3.8, 4) is 0 Å². The molecule has 156 valence electrons. The molecule has 1 saturated heterocycles. The van der Waals surface area contributed by atoms with Crippen LogP contribution in [0.15, 0.2) is 42.6 Å². The van der Waals surface area contributed by atoms with Crippen LogP contribution in [0.1, 0.15) is 43.6 Å². The number of halogens is 2. The summed E-state index contributed by atoms with van der Waals surface area (Å²) in [6.07, 6.45) is 4.09. The highest BCUT2D eigenvalue weighted by Crippen LogP contribution is 2.46. The summed E-state index contributed by atoms with van der Waals surface area (Å²) in [4.78, 5) is 8.97. The Kier molecular flexibility index (Phi) is 4.63. The average Bonchev–Trinajstić information content (AvgIpc) is 3.43. The zero-order valence-electron chi connectivity index (χ0n) is 17.2. The molecule has 7 heteroatoms. The molecule has 2 aliphatic rings. The van der Waals surface area contributed by atoms with E-state index in [1.165, 1.54) is 16.0 Å². The normalized spacial score (nSPS) is 24.8. The van der Waals surface area contributed by atoms with Crippen molar-refractivity contribution in [1.82, 2.24) is 20.0 Å². The highest BCUT2D eigenvalue weighted by atomic mass is 32.2. The number of nitrogens with zero attached hydrogens (tertiary/aromatic N) is 3. The molecular weight excluding hydrogens is 402 g/mol. The summed E-state index contributed by atoms with van der Waals surface area (Å²) in [6.45, 7) is 7.29. The first-order valence-corrected chi connectivity index (χ1v) is 11.1. The molecule has 30 heavy (non-hydrogen) atoms. The predicted molar refractivity (Wildman–Crippen MR) is 117 cm³/mol. The lowest BCUT2D eigenvalue weighted by molar-refractivity contribution is -0.0492. The van der Waals surface area contributed by atoms with Crippen molar-refractivity contribution in [3.63, 3.8) is 0 Å². The fraction of sp³-hybridized carbons (Fsp3) is 0.348. The molecule has 2 aliphatic heterocycles. The quantitative estimate of drug-likeness (QED) is 0.577. The minimum absolute atomic E-state index is 0.0674. The molecule has 0 amide bonds. The van der Waals surface area contributed by atoms with Crippen molar-refractivity contribution in [3.05, 3.63) is 71.2 Å². The fourth-order valence-electron chi connectivity index (χ4n) is 4.45. The molecule has 5 rings (SSSR count). The molecular formula is C23H24F2N4S. The van der Waals surface area contributed by atoms with Crippen LogP contribution < -0.4 is 0 Å². The van der Waals surface area contributed by atoms with Gasteiger partial charge in [0.25, 0.3) is 0 Å². The second-order valence-corrected chi connectivity index (χ2v) is 9.66. The van der Waals surface area contributed by atoms with E-state index in [4.69, 9.17) is 0 Å². The Bertz CT molecular complexity index is 1140. The van der Waals surface area contributed by atoms with Crippen LogP contribution in [0.4, 0.5) is 8.78 Å². The molecule has 3 aromatic rings. The molecule has 0 aliphatic carbocycles. The molecule has 0 bridgehead atoms. The lowest BCUT2D eigenvalue weighted by atomic mass is 9.99. The van der Waals surface area contributed by atoms with Crippen molar-refractivity contribution in [2.45, 2.75) is 44.5 Å². The minimum Gasteiger partial charge on any atom is -0.340 e. The smallest absolute Gasteiger partial charge is 0.186 e. The van der Waals surface area contributed by atoms with Gasteiger partial charge in [0.05, 0.1) is 16.4 Å². The zero-order valence-corrected chi connectivity index (χ0v) is 18.1. The first-order valence-electron chi connectivity index (χ1n) is 10.2. The number of hydrogen-bond donors (Lipinski definition) is 1. The van der Waals surface area contributed by atoms with Gasteiger partial charge in [-0.25, -0.2) is 18.8 Å². The van der Waals surface area contributed by atoms with Crippen molar-refractivity contribution in [2.75, 3.05) is 6.54 Å². The maximum absolute atomic E-state index is 14.3. The van der Waals surface area contributed by atoms with Gasteiger partial charge in [-0.15, -0.1) is 0 Å². The molecule has 1 N–H and O–H groups in total. The van der Waals surface area contributed by atoms with Gasteiger partial charge >= 0.3 is 0 Å². The van der Waals surface area contributed by atoms with Crippen molar-refractivity contribution in [1.29, 1.82) is 0 Å². The van der Waals surface area contributed by atoms with E-state index in [9.17, 15) is 8.78 Å². The second kappa shape index (κ2) is 7.10. The van der Waals surface area contributed by atoms with E-state index >= 15 is 0 Å². The van der Waals surface area contributed by atoms with Crippen molar-refractivity contribution < 1.29 is 8.78 Å². The van der Waals surface area contributed by atoms with Gasteiger partial charge in [0.1, 0.15) is 11.3 Å². The Hall–Kier alpha value is -2.38. The van der Waals surface area contributed by atoms with Crippen LogP contribution in [0, 0.1) is 18.6 Å². The number of hydrazine groups is 1. The summed E-state index contributed by atoms with van der Waals surface area (Å²) < 4.78 is 27.9. The van der Waals surface area contributed by atoms with E-state index in [-0.39, 0.29) is 10.9 Å².